The van der Waals surface area contributed by atoms with Crippen LogP contribution in [0.4, 0.5) is 5.69 Å². The average molecular weight is 498 g/mol. The number of fused-ring (bicyclic) bond motifs is 1. The molecule has 3 heterocycles. The molecule has 0 bridgehead atoms. The Morgan fingerprint density at radius 2 is 1.83 bits per heavy atom. The Morgan fingerprint density at radius 1 is 1.06 bits per heavy atom. The molecule has 2 aromatic rings. The van der Waals surface area contributed by atoms with Crippen LogP contribution in [0.5, 0.6) is 0 Å². The predicted molar refractivity (Wildman–Crippen MR) is 134 cm³/mol. The maximum absolute atomic E-state index is 12.8. The number of rotatable bonds is 7. The number of hydrogen-bond acceptors (Lipinski definition) is 6. The van der Waals surface area contributed by atoms with E-state index in [9.17, 15) is 13.2 Å². The van der Waals surface area contributed by atoms with Gasteiger partial charge in [0, 0.05) is 43.3 Å². The lowest BCUT2D eigenvalue weighted by Gasteiger charge is -2.25. The van der Waals surface area contributed by atoms with Crippen LogP contribution < -0.4 is 5.32 Å². The van der Waals surface area contributed by atoms with Gasteiger partial charge >= 0.3 is 0 Å². The van der Waals surface area contributed by atoms with Crippen LogP contribution in [-0.4, -0.2) is 66.2 Å². The van der Waals surface area contributed by atoms with Gasteiger partial charge in [-0.2, -0.15) is 4.31 Å². The molecule has 0 radical (unpaired) electrons. The highest BCUT2D eigenvalue weighted by Crippen LogP contribution is 2.43. The van der Waals surface area contributed by atoms with Crippen LogP contribution in [0.2, 0.25) is 0 Å². The number of amides is 1. The lowest BCUT2D eigenvalue weighted by Crippen LogP contribution is -2.35. The summed E-state index contributed by atoms with van der Waals surface area (Å²) in [6.07, 6.45) is 7.97. The van der Waals surface area contributed by atoms with Gasteiger partial charge in [-0.1, -0.05) is 6.42 Å². The van der Waals surface area contributed by atoms with E-state index in [0.29, 0.717) is 43.1 Å². The number of nitrogens with zero attached hydrogens (tertiary/aromatic N) is 4. The number of carbonyl (C=O) groups is 1. The molecule has 5 rings (SSSR count). The highest BCUT2D eigenvalue weighted by atomic mass is 32.2. The lowest BCUT2D eigenvalue weighted by molar-refractivity contribution is -0.117. The maximum Gasteiger partial charge on any atom is 0.243 e. The fourth-order valence-electron chi connectivity index (χ4n) is 6.11. The van der Waals surface area contributed by atoms with E-state index < -0.39 is 10.0 Å². The van der Waals surface area contributed by atoms with Crippen LogP contribution in [0.3, 0.4) is 0 Å². The summed E-state index contributed by atoms with van der Waals surface area (Å²) in [6.45, 7) is 5.43. The number of hydrogen-bond donors (Lipinski definition) is 1. The number of aromatic nitrogens is 2. The second-order valence-corrected chi connectivity index (χ2v) is 12.3. The number of sulfonamides is 1. The standard InChI is InChI=1S/C26H35N5O3S/c1-19-13-23(28-18-27-19)14-20-5-6-21-15-30(16-25(20)21)17-26(32)29-22-7-9-24(10-8-22)35(33,34)31-11-3-2-4-12-31/h7-10,13,18,20-21,25H,2-6,11-12,14-17H2,1H3,(H,29,32)/t20-,21-,25-/m1/s1. The minimum Gasteiger partial charge on any atom is -0.325 e. The van der Waals surface area contributed by atoms with E-state index in [1.807, 2.05) is 6.92 Å². The van der Waals surface area contributed by atoms with Gasteiger partial charge in [-0.05, 0) is 87.1 Å². The van der Waals surface area contributed by atoms with Gasteiger partial charge < -0.3 is 5.32 Å². The van der Waals surface area contributed by atoms with Crippen molar-refractivity contribution in [2.45, 2.75) is 50.3 Å². The quantitative estimate of drug-likeness (QED) is 0.632. The summed E-state index contributed by atoms with van der Waals surface area (Å²) >= 11 is 0. The third kappa shape index (κ3) is 5.57. The Hall–Kier alpha value is -2.36. The molecule has 1 aliphatic carbocycles. The number of carbonyl (C=O) groups excluding carboxylic acids is 1. The maximum atomic E-state index is 12.8. The molecule has 2 saturated heterocycles. The molecule has 9 heteroatoms. The van der Waals surface area contributed by atoms with Gasteiger partial charge in [0.2, 0.25) is 15.9 Å². The Kier molecular flexibility index (Phi) is 7.18. The molecule has 8 nitrogen and oxygen atoms in total. The van der Waals surface area contributed by atoms with Crippen LogP contribution in [0.1, 0.15) is 43.5 Å². The van der Waals surface area contributed by atoms with Crippen molar-refractivity contribution in [1.82, 2.24) is 19.2 Å². The van der Waals surface area contributed by atoms with Gasteiger partial charge in [0.25, 0.3) is 0 Å². The van der Waals surface area contributed by atoms with Crippen LogP contribution in [0.15, 0.2) is 41.6 Å². The van der Waals surface area contributed by atoms with E-state index in [0.717, 1.165) is 50.2 Å². The molecule has 1 amide bonds. The number of aryl methyl sites for hydroxylation is 1. The third-order valence-electron chi connectivity index (χ3n) is 7.87. The van der Waals surface area contributed by atoms with Gasteiger partial charge in [-0.3, -0.25) is 9.69 Å². The summed E-state index contributed by atoms with van der Waals surface area (Å²) in [4.78, 5) is 23.9. The first-order valence-electron chi connectivity index (χ1n) is 12.8. The first-order chi connectivity index (χ1) is 16.9. The zero-order valence-electron chi connectivity index (χ0n) is 20.4. The van der Waals surface area contributed by atoms with Crippen molar-refractivity contribution in [2.75, 3.05) is 38.0 Å². The number of nitrogens with one attached hydrogen (secondary N) is 1. The molecule has 2 aliphatic heterocycles. The van der Waals surface area contributed by atoms with E-state index in [4.69, 9.17) is 0 Å². The Labute approximate surface area is 208 Å². The first kappa shape index (κ1) is 24.3. The zero-order valence-corrected chi connectivity index (χ0v) is 21.2. The third-order valence-corrected chi connectivity index (χ3v) is 9.78. The SMILES string of the molecule is Cc1cc(C[C@H]2CC[C@@H]3CN(CC(=O)Nc4ccc(S(=O)(=O)N5CCCCC5)cc4)C[C@H]23)ncn1. The molecule has 1 N–H and O–H groups in total. The largest absolute Gasteiger partial charge is 0.325 e. The first-order valence-corrected chi connectivity index (χ1v) is 14.2. The van der Waals surface area contributed by atoms with Crippen LogP contribution >= 0.6 is 0 Å². The highest BCUT2D eigenvalue weighted by Gasteiger charge is 2.42. The second-order valence-electron chi connectivity index (χ2n) is 10.3. The fourth-order valence-corrected chi connectivity index (χ4v) is 7.63. The Balaban J connectivity index is 1.13. The van der Waals surface area contributed by atoms with Crippen molar-refractivity contribution in [2.24, 2.45) is 17.8 Å². The molecule has 1 aromatic heterocycles. The van der Waals surface area contributed by atoms with E-state index in [2.05, 4.69) is 26.3 Å². The van der Waals surface area contributed by atoms with E-state index in [-0.39, 0.29) is 10.8 Å². The minimum absolute atomic E-state index is 0.0559. The molecule has 3 aliphatic rings. The molecular weight excluding hydrogens is 462 g/mol. The van der Waals surface area contributed by atoms with Crippen molar-refractivity contribution in [3.8, 4) is 0 Å². The van der Waals surface area contributed by atoms with Gasteiger partial charge in [0.05, 0.1) is 11.4 Å². The van der Waals surface area contributed by atoms with Gasteiger partial charge in [0.1, 0.15) is 6.33 Å². The molecule has 1 saturated carbocycles. The van der Waals surface area contributed by atoms with Crippen LogP contribution in [0, 0.1) is 24.7 Å². The predicted octanol–water partition coefficient (Wildman–Crippen LogP) is 3.10. The van der Waals surface area contributed by atoms with E-state index in [1.165, 1.54) is 12.8 Å². The summed E-state index contributed by atoms with van der Waals surface area (Å²) in [7, 11) is -3.46. The number of benzene rings is 1. The van der Waals surface area contributed by atoms with Gasteiger partial charge in [0.15, 0.2) is 0 Å². The van der Waals surface area contributed by atoms with E-state index >= 15 is 0 Å². The Morgan fingerprint density at radius 3 is 2.57 bits per heavy atom. The summed E-state index contributed by atoms with van der Waals surface area (Å²) < 4.78 is 27.2. The van der Waals surface area contributed by atoms with Gasteiger partial charge in [-0.25, -0.2) is 18.4 Å². The monoisotopic (exact) mass is 497 g/mol. The topological polar surface area (TPSA) is 95.5 Å². The molecule has 35 heavy (non-hydrogen) atoms. The van der Waals surface area contributed by atoms with Crippen LogP contribution in [-0.2, 0) is 21.2 Å². The number of piperidine rings is 1. The van der Waals surface area contributed by atoms with E-state index in [1.54, 1.807) is 34.9 Å². The van der Waals surface area contributed by atoms with Crippen molar-refractivity contribution in [3.63, 3.8) is 0 Å². The van der Waals surface area contributed by atoms with Crippen molar-refractivity contribution < 1.29 is 13.2 Å². The van der Waals surface area contributed by atoms with Crippen molar-refractivity contribution in [1.29, 1.82) is 0 Å². The molecule has 188 valence electrons. The average Bonchev–Trinajstić information content (AvgIpc) is 3.41. The highest BCUT2D eigenvalue weighted by molar-refractivity contribution is 7.89. The molecule has 0 spiro atoms. The zero-order chi connectivity index (χ0) is 24.4. The number of anilines is 1. The minimum atomic E-state index is -3.46. The molecule has 3 atom stereocenters. The van der Waals surface area contributed by atoms with Crippen molar-refractivity contribution >= 4 is 21.6 Å². The summed E-state index contributed by atoms with van der Waals surface area (Å²) in [5.41, 5.74) is 2.75. The second kappa shape index (κ2) is 10.3. The molecule has 3 fully saturated rings. The summed E-state index contributed by atoms with van der Waals surface area (Å²) in [5, 5.41) is 2.94. The summed E-state index contributed by atoms with van der Waals surface area (Å²) in [5.74, 6) is 1.81. The number of likely N-dealkylation sites (tertiary alicyclic amines) is 1. The molecule has 1 aromatic carbocycles. The van der Waals surface area contributed by atoms with Crippen molar-refractivity contribution in [3.05, 3.63) is 48.0 Å². The fraction of sp³-hybridized carbons (Fsp3) is 0.577. The molecule has 0 unspecified atom stereocenters. The van der Waals surface area contributed by atoms with Gasteiger partial charge in [-0.15, -0.1) is 0 Å². The Bertz CT molecular complexity index is 1150. The van der Waals surface area contributed by atoms with Crippen LogP contribution in [0.25, 0.3) is 0 Å². The summed E-state index contributed by atoms with van der Waals surface area (Å²) in [6, 6.07) is 8.65. The molecular formula is C26H35N5O3S. The lowest BCUT2D eigenvalue weighted by atomic mass is 9.89. The normalized spacial score (nSPS) is 25.5. The smallest absolute Gasteiger partial charge is 0.243 e.